The lowest BCUT2D eigenvalue weighted by molar-refractivity contribution is -0.269. The largest absolute Gasteiger partial charge is 0.476 e. The number of esters is 1. The van der Waals surface area contributed by atoms with Crippen LogP contribution in [-0.4, -0.2) is 81.3 Å². The van der Waals surface area contributed by atoms with Gasteiger partial charge in [0.25, 0.3) is 5.85 Å². The molecule has 1 aliphatic carbocycles. The standard InChI is InChI=1S/C23H36F2N6O6/c1-4-35-20-18-19(29-22(26)30-20)31(12-27-18)17(10-24)37-23(25,15(3)32)11-34-13-28-14(2)21(33)36-16-8-6-5-7-9-16/h12,14-17,28,32H,4-11,13H2,1-3H3,(H2,26,29,30)/t14?,15-,17+,23+/m0/s1. The van der Waals surface area contributed by atoms with Gasteiger partial charge in [0.1, 0.15) is 31.5 Å². The first kappa shape index (κ1) is 28.9. The number of nitrogens with one attached hydrogen (secondary N) is 1. The van der Waals surface area contributed by atoms with E-state index in [1.165, 1.54) is 6.33 Å². The lowest BCUT2D eigenvalue weighted by Crippen LogP contribution is -2.47. The van der Waals surface area contributed by atoms with Crippen molar-refractivity contribution >= 4 is 23.1 Å². The zero-order valence-electron chi connectivity index (χ0n) is 21.4. The Balaban J connectivity index is 1.60. The van der Waals surface area contributed by atoms with Crippen LogP contribution in [0, 0.1) is 0 Å². The summed E-state index contributed by atoms with van der Waals surface area (Å²) in [5.41, 5.74) is 5.99. The normalized spacial score (nSPS) is 18.8. The molecule has 14 heteroatoms. The number of anilines is 1. The van der Waals surface area contributed by atoms with Gasteiger partial charge in [-0.15, -0.1) is 0 Å². The van der Waals surface area contributed by atoms with Crippen LogP contribution in [0.5, 0.6) is 5.88 Å². The maximum atomic E-state index is 15.6. The van der Waals surface area contributed by atoms with Gasteiger partial charge < -0.3 is 29.8 Å². The topological polar surface area (TPSA) is 156 Å². The molecule has 0 amide bonds. The smallest absolute Gasteiger partial charge is 0.323 e. The van der Waals surface area contributed by atoms with Crippen molar-refractivity contribution in [2.24, 2.45) is 0 Å². The molecule has 1 unspecified atom stereocenters. The number of nitrogens with two attached hydrogens (primary N) is 1. The zero-order chi connectivity index (χ0) is 27.0. The number of nitrogen functional groups attached to an aromatic ring is 1. The van der Waals surface area contributed by atoms with Crippen molar-refractivity contribution in [2.45, 2.75) is 83.2 Å². The van der Waals surface area contributed by atoms with Gasteiger partial charge in [-0.2, -0.15) is 9.97 Å². The highest BCUT2D eigenvalue weighted by Crippen LogP contribution is 2.30. The summed E-state index contributed by atoms with van der Waals surface area (Å²) in [6, 6.07) is -0.691. The summed E-state index contributed by atoms with van der Waals surface area (Å²) in [7, 11) is 0. The molecular weight excluding hydrogens is 494 g/mol. The first-order valence-electron chi connectivity index (χ1n) is 12.4. The number of aliphatic hydroxyl groups is 1. The number of hydrogen-bond acceptors (Lipinski definition) is 11. The molecule has 2 heterocycles. The molecule has 37 heavy (non-hydrogen) atoms. The third-order valence-corrected chi connectivity index (χ3v) is 6.06. The minimum absolute atomic E-state index is 0.0689. The fourth-order valence-corrected chi connectivity index (χ4v) is 3.90. The zero-order valence-corrected chi connectivity index (χ0v) is 21.4. The molecule has 2 aromatic heterocycles. The van der Waals surface area contributed by atoms with E-state index in [0.717, 1.165) is 43.6 Å². The van der Waals surface area contributed by atoms with Gasteiger partial charge in [-0.3, -0.25) is 14.7 Å². The van der Waals surface area contributed by atoms with Crippen LogP contribution in [0.4, 0.5) is 14.7 Å². The van der Waals surface area contributed by atoms with Gasteiger partial charge in [0.05, 0.1) is 19.7 Å². The van der Waals surface area contributed by atoms with Crippen LogP contribution in [0.2, 0.25) is 0 Å². The van der Waals surface area contributed by atoms with E-state index in [0.29, 0.717) is 0 Å². The number of ether oxygens (including phenoxy) is 4. The maximum absolute atomic E-state index is 15.6. The van der Waals surface area contributed by atoms with Gasteiger partial charge in [0.15, 0.2) is 17.4 Å². The molecule has 4 atom stereocenters. The van der Waals surface area contributed by atoms with Crippen molar-refractivity contribution in [2.75, 3.05) is 32.4 Å². The molecule has 4 N–H and O–H groups in total. The van der Waals surface area contributed by atoms with Gasteiger partial charge in [-0.05, 0) is 46.5 Å². The number of imidazole rings is 1. The van der Waals surface area contributed by atoms with E-state index in [1.54, 1.807) is 13.8 Å². The highest BCUT2D eigenvalue weighted by atomic mass is 19.2. The van der Waals surface area contributed by atoms with Crippen LogP contribution in [0.25, 0.3) is 11.2 Å². The van der Waals surface area contributed by atoms with E-state index < -0.39 is 43.5 Å². The fraction of sp³-hybridized carbons (Fsp3) is 0.739. The molecule has 0 spiro atoms. The molecule has 0 radical (unpaired) electrons. The van der Waals surface area contributed by atoms with Crippen LogP contribution in [0.15, 0.2) is 6.33 Å². The van der Waals surface area contributed by atoms with Crippen molar-refractivity contribution in [3.8, 4) is 5.88 Å². The SMILES string of the molecule is CCOc1nc(N)nc2c1ncn2[C@@H](CF)O[C@](F)(COCNC(C)C(=O)OC1CCCCC1)[C@H](C)O. The van der Waals surface area contributed by atoms with Gasteiger partial charge in [-0.1, -0.05) is 6.42 Å². The molecule has 1 fully saturated rings. The molecule has 3 rings (SSSR count). The summed E-state index contributed by atoms with van der Waals surface area (Å²) < 4.78 is 52.3. The Labute approximate surface area is 213 Å². The number of rotatable bonds is 14. The summed E-state index contributed by atoms with van der Waals surface area (Å²) in [5, 5.41) is 12.9. The maximum Gasteiger partial charge on any atom is 0.323 e. The second-order valence-electron chi connectivity index (χ2n) is 8.95. The van der Waals surface area contributed by atoms with Crippen molar-refractivity contribution in [1.29, 1.82) is 0 Å². The lowest BCUT2D eigenvalue weighted by atomic mass is 9.98. The van der Waals surface area contributed by atoms with Crippen LogP contribution in [-0.2, 0) is 19.0 Å². The minimum Gasteiger partial charge on any atom is -0.476 e. The average molecular weight is 531 g/mol. The number of alkyl halides is 2. The second kappa shape index (κ2) is 13.2. The molecule has 12 nitrogen and oxygen atoms in total. The number of hydrogen-bond donors (Lipinski definition) is 3. The van der Waals surface area contributed by atoms with Crippen molar-refractivity contribution in [3.63, 3.8) is 0 Å². The van der Waals surface area contributed by atoms with Crippen LogP contribution < -0.4 is 15.8 Å². The van der Waals surface area contributed by atoms with Gasteiger partial charge in [0.2, 0.25) is 11.8 Å². The molecule has 0 aliphatic heterocycles. The van der Waals surface area contributed by atoms with Gasteiger partial charge in [0, 0.05) is 0 Å². The highest BCUT2D eigenvalue weighted by molar-refractivity contribution is 5.77. The number of aromatic nitrogens is 4. The summed E-state index contributed by atoms with van der Waals surface area (Å²) in [6.07, 6.45) is 2.75. The molecule has 1 saturated carbocycles. The van der Waals surface area contributed by atoms with E-state index in [-0.39, 0.29) is 42.4 Å². The Kier molecular flexibility index (Phi) is 10.3. The Morgan fingerprint density at radius 1 is 1.32 bits per heavy atom. The van der Waals surface area contributed by atoms with Crippen LogP contribution >= 0.6 is 0 Å². The summed E-state index contributed by atoms with van der Waals surface area (Å²) in [4.78, 5) is 24.4. The van der Waals surface area contributed by atoms with Crippen molar-refractivity contribution < 1.29 is 37.6 Å². The quantitative estimate of drug-likeness (QED) is 0.187. The molecular formula is C23H36F2N6O6. The Morgan fingerprint density at radius 2 is 2.05 bits per heavy atom. The van der Waals surface area contributed by atoms with E-state index in [9.17, 15) is 14.3 Å². The van der Waals surface area contributed by atoms with E-state index in [2.05, 4.69) is 20.3 Å². The average Bonchev–Trinajstić information content (AvgIpc) is 3.29. The molecule has 208 valence electrons. The Hall–Kier alpha value is -2.68. The number of carbonyl (C=O) groups excluding carboxylic acids is 1. The predicted octanol–water partition coefficient (Wildman–Crippen LogP) is 2.17. The summed E-state index contributed by atoms with van der Waals surface area (Å²) >= 11 is 0. The summed E-state index contributed by atoms with van der Waals surface area (Å²) in [6.45, 7) is 2.60. The van der Waals surface area contributed by atoms with E-state index in [1.807, 2.05) is 0 Å². The number of aliphatic hydroxyl groups excluding tert-OH is 1. The lowest BCUT2D eigenvalue weighted by Gasteiger charge is -2.32. The minimum atomic E-state index is -2.80. The van der Waals surface area contributed by atoms with Crippen LogP contribution in [0.1, 0.15) is 59.1 Å². The van der Waals surface area contributed by atoms with Crippen molar-refractivity contribution in [3.05, 3.63) is 6.33 Å². The number of carbonyl (C=O) groups is 1. The van der Waals surface area contributed by atoms with Gasteiger partial charge in [-0.25, -0.2) is 13.8 Å². The third-order valence-electron chi connectivity index (χ3n) is 6.06. The number of nitrogens with zero attached hydrogens (tertiary/aromatic N) is 4. The predicted molar refractivity (Wildman–Crippen MR) is 129 cm³/mol. The fourth-order valence-electron chi connectivity index (χ4n) is 3.90. The molecule has 0 bridgehead atoms. The first-order valence-corrected chi connectivity index (χ1v) is 12.4. The second-order valence-corrected chi connectivity index (χ2v) is 8.95. The number of halogens is 2. The number of fused-ring (bicyclic) bond motifs is 1. The Bertz CT molecular complexity index is 1020. The van der Waals surface area contributed by atoms with Crippen molar-refractivity contribution in [1.82, 2.24) is 24.8 Å². The summed E-state index contributed by atoms with van der Waals surface area (Å²) in [5.74, 6) is -3.29. The molecule has 0 saturated heterocycles. The monoisotopic (exact) mass is 530 g/mol. The van der Waals surface area contributed by atoms with E-state index in [4.69, 9.17) is 24.7 Å². The highest BCUT2D eigenvalue weighted by Gasteiger charge is 2.41. The van der Waals surface area contributed by atoms with Gasteiger partial charge >= 0.3 is 5.97 Å². The van der Waals surface area contributed by atoms with E-state index >= 15 is 4.39 Å². The first-order chi connectivity index (χ1) is 17.7. The third kappa shape index (κ3) is 7.43. The molecule has 0 aromatic carbocycles. The molecule has 2 aromatic rings. The van der Waals surface area contributed by atoms with Crippen LogP contribution in [0.3, 0.4) is 0 Å². The Morgan fingerprint density at radius 3 is 2.70 bits per heavy atom. The molecule has 1 aliphatic rings.